The lowest BCUT2D eigenvalue weighted by atomic mass is 10.2. The molecular formula is C11H20N2O4. The minimum atomic E-state index is -0.721. The summed E-state index contributed by atoms with van der Waals surface area (Å²) < 4.78 is 5.34. The zero-order valence-corrected chi connectivity index (χ0v) is 10.5. The molecule has 2 unspecified atom stereocenters. The third kappa shape index (κ3) is 3.98. The summed E-state index contributed by atoms with van der Waals surface area (Å²) in [5.74, 6) is -0.911. The summed E-state index contributed by atoms with van der Waals surface area (Å²) >= 11 is 0. The number of aliphatic hydroxyl groups is 1. The number of aliphatic hydroxyl groups excluding tert-OH is 1. The Morgan fingerprint density at radius 3 is 2.53 bits per heavy atom. The number of carbonyl (C=O) groups is 2. The number of primary amides is 1. The average Bonchev–Trinajstić information content (AvgIpc) is 2.55. The van der Waals surface area contributed by atoms with Crippen LogP contribution in [0.1, 0.15) is 27.2 Å². The predicted molar refractivity (Wildman–Crippen MR) is 61.0 cm³/mol. The molecule has 0 aromatic heterocycles. The largest absolute Gasteiger partial charge is 0.391 e. The lowest BCUT2D eigenvalue weighted by molar-refractivity contribution is -0.145. The summed E-state index contributed by atoms with van der Waals surface area (Å²) in [6, 6.07) is -0.721. The average molecular weight is 244 g/mol. The van der Waals surface area contributed by atoms with Gasteiger partial charge in [-0.05, 0) is 20.8 Å². The van der Waals surface area contributed by atoms with Gasteiger partial charge in [-0.25, -0.2) is 0 Å². The standard InChI is InChI=1S/C11H20N2O4/c1-11(2,3)17-6-9(15)13-5-7(14)4-8(13)10(12)16/h7-8,14H,4-6H2,1-3H3,(H2,12,16). The molecule has 0 aromatic carbocycles. The van der Waals surface area contributed by atoms with Crippen molar-refractivity contribution in [2.45, 2.75) is 44.9 Å². The molecule has 0 spiro atoms. The Balaban J connectivity index is 2.59. The molecule has 2 amide bonds. The molecule has 1 aliphatic rings. The summed E-state index contributed by atoms with van der Waals surface area (Å²) in [4.78, 5) is 24.3. The second kappa shape index (κ2) is 5.01. The Morgan fingerprint density at radius 2 is 2.06 bits per heavy atom. The maximum Gasteiger partial charge on any atom is 0.249 e. The second-order valence-corrected chi connectivity index (χ2v) is 5.25. The highest BCUT2D eigenvalue weighted by Gasteiger charge is 2.37. The number of β-amino-alcohol motifs (C(OH)–C–C–N with tert-alkyl or cyclic N) is 1. The van der Waals surface area contributed by atoms with Crippen LogP contribution in [0.5, 0.6) is 0 Å². The maximum atomic E-state index is 11.8. The number of ether oxygens (including phenoxy) is 1. The monoisotopic (exact) mass is 244 g/mol. The molecule has 0 aliphatic carbocycles. The third-order valence-corrected chi connectivity index (χ3v) is 2.56. The molecule has 1 aliphatic heterocycles. The summed E-state index contributed by atoms with van der Waals surface area (Å²) in [6.07, 6.45) is -0.484. The van der Waals surface area contributed by atoms with Gasteiger partial charge in [0, 0.05) is 13.0 Å². The second-order valence-electron chi connectivity index (χ2n) is 5.25. The molecule has 6 nitrogen and oxygen atoms in total. The first-order valence-corrected chi connectivity index (χ1v) is 5.61. The molecule has 2 atom stereocenters. The van der Waals surface area contributed by atoms with Crippen LogP contribution in [0.4, 0.5) is 0 Å². The highest BCUT2D eigenvalue weighted by Crippen LogP contribution is 2.18. The van der Waals surface area contributed by atoms with E-state index in [2.05, 4.69) is 0 Å². The highest BCUT2D eigenvalue weighted by molar-refractivity contribution is 5.87. The van der Waals surface area contributed by atoms with Crippen LogP contribution in [0.2, 0.25) is 0 Å². The normalized spacial score (nSPS) is 25.1. The molecule has 0 saturated carbocycles. The zero-order valence-electron chi connectivity index (χ0n) is 10.5. The van der Waals surface area contributed by atoms with Gasteiger partial charge in [-0.2, -0.15) is 0 Å². The summed E-state index contributed by atoms with van der Waals surface area (Å²) in [5, 5.41) is 9.45. The Morgan fingerprint density at radius 1 is 1.47 bits per heavy atom. The van der Waals surface area contributed by atoms with E-state index in [0.29, 0.717) is 0 Å². The van der Waals surface area contributed by atoms with Crippen LogP contribution in [0.15, 0.2) is 0 Å². The van der Waals surface area contributed by atoms with Gasteiger partial charge in [0.05, 0.1) is 11.7 Å². The van der Waals surface area contributed by atoms with E-state index in [9.17, 15) is 14.7 Å². The quantitative estimate of drug-likeness (QED) is 0.683. The van der Waals surface area contributed by atoms with E-state index in [1.165, 1.54) is 4.90 Å². The number of likely N-dealkylation sites (tertiary alicyclic amines) is 1. The molecule has 6 heteroatoms. The first kappa shape index (κ1) is 13.9. The number of nitrogens with zero attached hydrogens (tertiary/aromatic N) is 1. The molecule has 3 N–H and O–H groups in total. The molecule has 1 rings (SSSR count). The number of carbonyl (C=O) groups excluding carboxylic acids is 2. The Labute approximate surface area is 101 Å². The molecule has 1 heterocycles. The van der Waals surface area contributed by atoms with Crippen molar-refractivity contribution >= 4 is 11.8 Å². The van der Waals surface area contributed by atoms with Crippen molar-refractivity contribution < 1.29 is 19.4 Å². The SMILES string of the molecule is CC(C)(C)OCC(=O)N1CC(O)CC1C(N)=O. The van der Waals surface area contributed by atoms with E-state index >= 15 is 0 Å². The minimum Gasteiger partial charge on any atom is -0.391 e. The van der Waals surface area contributed by atoms with Crippen molar-refractivity contribution in [3.05, 3.63) is 0 Å². The molecule has 1 saturated heterocycles. The van der Waals surface area contributed by atoms with Crippen molar-refractivity contribution in [2.24, 2.45) is 5.73 Å². The molecule has 0 bridgehead atoms. The van der Waals surface area contributed by atoms with Gasteiger partial charge >= 0.3 is 0 Å². The Kier molecular flexibility index (Phi) is 4.11. The zero-order chi connectivity index (χ0) is 13.2. The Hall–Kier alpha value is -1.14. The van der Waals surface area contributed by atoms with E-state index in [1.54, 1.807) is 0 Å². The fraction of sp³-hybridized carbons (Fsp3) is 0.818. The maximum absolute atomic E-state index is 11.8. The first-order valence-electron chi connectivity index (χ1n) is 5.61. The van der Waals surface area contributed by atoms with Crippen LogP contribution in [0.3, 0.4) is 0 Å². The van der Waals surface area contributed by atoms with Crippen LogP contribution in [0, 0.1) is 0 Å². The van der Waals surface area contributed by atoms with Crippen LogP contribution in [0.25, 0.3) is 0 Å². The lowest BCUT2D eigenvalue weighted by Gasteiger charge is -2.25. The molecule has 0 radical (unpaired) electrons. The molecule has 98 valence electrons. The lowest BCUT2D eigenvalue weighted by Crippen LogP contribution is -2.45. The summed E-state index contributed by atoms with van der Waals surface area (Å²) in [5.41, 5.74) is 4.76. The number of rotatable bonds is 3. The predicted octanol–water partition coefficient (Wildman–Crippen LogP) is -0.751. The van der Waals surface area contributed by atoms with Gasteiger partial charge in [-0.1, -0.05) is 0 Å². The van der Waals surface area contributed by atoms with E-state index in [-0.39, 0.29) is 25.5 Å². The number of nitrogens with two attached hydrogens (primary N) is 1. The third-order valence-electron chi connectivity index (χ3n) is 2.56. The van der Waals surface area contributed by atoms with Crippen LogP contribution in [-0.4, -0.2) is 52.7 Å². The number of amides is 2. The number of hydrogen-bond donors (Lipinski definition) is 2. The molecule has 1 fully saturated rings. The van der Waals surface area contributed by atoms with E-state index in [0.717, 1.165) is 0 Å². The van der Waals surface area contributed by atoms with Gasteiger partial charge in [0.25, 0.3) is 0 Å². The first-order chi connectivity index (χ1) is 7.70. The van der Waals surface area contributed by atoms with Gasteiger partial charge < -0.3 is 20.5 Å². The fourth-order valence-electron chi connectivity index (χ4n) is 1.72. The number of hydrogen-bond acceptors (Lipinski definition) is 4. The molecule has 0 aromatic rings. The molecule has 17 heavy (non-hydrogen) atoms. The van der Waals surface area contributed by atoms with Gasteiger partial charge in [-0.3, -0.25) is 9.59 Å². The van der Waals surface area contributed by atoms with Crippen molar-refractivity contribution in [1.29, 1.82) is 0 Å². The topological polar surface area (TPSA) is 92.9 Å². The summed E-state index contributed by atoms with van der Waals surface area (Å²) in [6.45, 7) is 5.54. The Bertz CT molecular complexity index is 311. The van der Waals surface area contributed by atoms with Gasteiger partial charge in [-0.15, -0.1) is 0 Å². The fourth-order valence-corrected chi connectivity index (χ4v) is 1.72. The van der Waals surface area contributed by atoms with Crippen molar-refractivity contribution in [2.75, 3.05) is 13.2 Å². The smallest absolute Gasteiger partial charge is 0.249 e. The van der Waals surface area contributed by atoms with Crippen LogP contribution >= 0.6 is 0 Å². The van der Waals surface area contributed by atoms with Crippen LogP contribution < -0.4 is 5.73 Å². The molecular weight excluding hydrogens is 224 g/mol. The van der Waals surface area contributed by atoms with Gasteiger partial charge in [0.1, 0.15) is 12.6 Å². The van der Waals surface area contributed by atoms with Crippen molar-refractivity contribution in [3.63, 3.8) is 0 Å². The minimum absolute atomic E-state index is 0.111. The van der Waals surface area contributed by atoms with E-state index in [4.69, 9.17) is 10.5 Å². The highest BCUT2D eigenvalue weighted by atomic mass is 16.5. The van der Waals surface area contributed by atoms with Crippen LogP contribution in [-0.2, 0) is 14.3 Å². The van der Waals surface area contributed by atoms with E-state index in [1.807, 2.05) is 20.8 Å². The summed E-state index contributed by atoms with van der Waals surface area (Å²) in [7, 11) is 0. The van der Waals surface area contributed by atoms with Gasteiger partial charge in [0.15, 0.2) is 0 Å². The van der Waals surface area contributed by atoms with Crippen molar-refractivity contribution in [3.8, 4) is 0 Å². The van der Waals surface area contributed by atoms with E-state index < -0.39 is 23.7 Å². The van der Waals surface area contributed by atoms with Crippen molar-refractivity contribution in [1.82, 2.24) is 4.90 Å². The van der Waals surface area contributed by atoms with Gasteiger partial charge in [0.2, 0.25) is 11.8 Å².